The molecule has 0 bridgehead atoms. The van der Waals surface area contributed by atoms with E-state index in [-0.39, 0.29) is 4.99 Å². The Morgan fingerprint density at radius 1 is 1.67 bits per heavy atom. The summed E-state index contributed by atoms with van der Waals surface area (Å²) >= 11 is 4.70. The highest BCUT2D eigenvalue weighted by Gasteiger charge is 2.03. The number of nitrogens with zero attached hydrogens (tertiary/aromatic N) is 1. The van der Waals surface area contributed by atoms with Crippen LogP contribution in [0.3, 0.4) is 0 Å². The molecule has 4 heteroatoms. The Bertz CT molecular complexity index is 237. The molecule has 0 saturated heterocycles. The largest absolute Gasteiger partial charge is 0.389 e. The lowest BCUT2D eigenvalue weighted by Crippen LogP contribution is -2.19. The van der Waals surface area contributed by atoms with Crippen molar-refractivity contribution < 1.29 is 0 Å². The number of nitrogens with two attached hydrogens (primary N) is 1. The standard InChI is InChI=1S/C8H13N3S/c1-3-4-11-6(2)7(5-9)8(10)12/h11H,3-4H2,1-2H3,(H2,10,12). The maximum absolute atomic E-state index is 8.65. The minimum Gasteiger partial charge on any atom is -0.389 e. The van der Waals surface area contributed by atoms with E-state index in [0.717, 1.165) is 18.7 Å². The summed E-state index contributed by atoms with van der Waals surface area (Å²) in [5.74, 6) is 0. The summed E-state index contributed by atoms with van der Waals surface area (Å²) in [5.41, 5.74) is 6.46. The number of hydrogen-bond donors (Lipinski definition) is 2. The van der Waals surface area contributed by atoms with E-state index in [1.165, 1.54) is 0 Å². The van der Waals surface area contributed by atoms with Crippen LogP contribution >= 0.6 is 12.2 Å². The Labute approximate surface area is 78.2 Å². The third kappa shape index (κ3) is 3.35. The van der Waals surface area contributed by atoms with Crippen LogP contribution in [0.2, 0.25) is 0 Å². The quantitative estimate of drug-likeness (QED) is 0.389. The number of thiocarbonyl (C=S) groups is 1. The van der Waals surface area contributed by atoms with E-state index in [1.807, 2.05) is 13.0 Å². The zero-order valence-corrected chi connectivity index (χ0v) is 8.16. The number of nitrogens with one attached hydrogen (secondary N) is 1. The summed E-state index contributed by atoms with van der Waals surface area (Å²) in [5, 5.41) is 11.7. The molecule has 0 aromatic carbocycles. The first-order valence-electron chi connectivity index (χ1n) is 3.78. The Kier molecular flexibility index (Phi) is 5.06. The van der Waals surface area contributed by atoms with Crippen LogP contribution in [0.1, 0.15) is 20.3 Å². The molecular weight excluding hydrogens is 170 g/mol. The Morgan fingerprint density at radius 2 is 2.25 bits per heavy atom. The third-order valence-corrected chi connectivity index (χ3v) is 1.58. The molecule has 0 fully saturated rings. The van der Waals surface area contributed by atoms with Crippen molar-refractivity contribution in [3.05, 3.63) is 11.3 Å². The van der Waals surface area contributed by atoms with Crippen molar-refractivity contribution >= 4 is 17.2 Å². The van der Waals surface area contributed by atoms with Gasteiger partial charge in [-0.05, 0) is 13.3 Å². The summed E-state index contributed by atoms with van der Waals surface area (Å²) in [6.45, 7) is 4.68. The highest BCUT2D eigenvalue weighted by molar-refractivity contribution is 7.80. The molecule has 0 spiro atoms. The molecule has 0 amide bonds. The average Bonchev–Trinajstić information content (AvgIpc) is 2.01. The number of nitriles is 1. The average molecular weight is 183 g/mol. The lowest BCUT2D eigenvalue weighted by Gasteiger charge is -2.06. The van der Waals surface area contributed by atoms with E-state index in [9.17, 15) is 0 Å². The van der Waals surface area contributed by atoms with E-state index < -0.39 is 0 Å². The molecule has 0 aliphatic rings. The summed E-state index contributed by atoms with van der Waals surface area (Å²) in [6, 6.07) is 1.96. The molecule has 0 rings (SSSR count). The van der Waals surface area contributed by atoms with Gasteiger partial charge < -0.3 is 11.1 Å². The SMILES string of the molecule is CCCNC(C)=C(C#N)C(N)=S. The van der Waals surface area contributed by atoms with Gasteiger partial charge in [-0.2, -0.15) is 5.26 Å². The van der Waals surface area contributed by atoms with Gasteiger partial charge in [0.15, 0.2) is 0 Å². The van der Waals surface area contributed by atoms with Crippen molar-refractivity contribution in [1.82, 2.24) is 5.32 Å². The molecule has 12 heavy (non-hydrogen) atoms. The van der Waals surface area contributed by atoms with Gasteiger partial charge >= 0.3 is 0 Å². The summed E-state index contributed by atoms with van der Waals surface area (Å²) in [4.78, 5) is 0.151. The smallest absolute Gasteiger partial charge is 0.116 e. The first kappa shape index (κ1) is 10.9. The second-order valence-corrected chi connectivity index (χ2v) is 2.84. The highest BCUT2D eigenvalue weighted by Crippen LogP contribution is 1.99. The van der Waals surface area contributed by atoms with Crippen LogP contribution in [-0.4, -0.2) is 11.5 Å². The lowest BCUT2D eigenvalue weighted by atomic mass is 10.2. The molecule has 0 atom stereocenters. The fourth-order valence-electron chi connectivity index (χ4n) is 0.725. The predicted molar refractivity (Wildman–Crippen MR) is 53.4 cm³/mol. The monoisotopic (exact) mass is 183 g/mol. The maximum atomic E-state index is 8.65. The van der Waals surface area contributed by atoms with E-state index in [0.29, 0.717) is 5.57 Å². The highest BCUT2D eigenvalue weighted by atomic mass is 32.1. The molecule has 0 radical (unpaired) electrons. The van der Waals surface area contributed by atoms with Gasteiger partial charge in [0.1, 0.15) is 16.6 Å². The minimum absolute atomic E-state index is 0.151. The maximum Gasteiger partial charge on any atom is 0.116 e. The Hall–Kier alpha value is -1.08. The molecule has 3 N–H and O–H groups in total. The normalized spacial score (nSPS) is 11.4. The molecule has 0 aromatic heterocycles. The zero-order valence-electron chi connectivity index (χ0n) is 7.35. The van der Waals surface area contributed by atoms with E-state index in [2.05, 4.69) is 5.32 Å². The Morgan fingerprint density at radius 3 is 2.58 bits per heavy atom. The van der Waals surface area contributed by atoms with E-state index in [4.69, 9.17) is 23.2 Å². The molecule has 0 saturated carbocycles. The van der Waals surface area contributed by atoms with Gasteiger partial charge in [0, 0.05) is 12.2 Å². The van der Waals surface area contributed by atoms with Crippen molar-refractivity contribution in [2.75, 3.05) is 6.54 Å². The van der Waals surface area contributed by atoms with Gasteiger partial charge in [-0.1, -0.05) is 19.1 Å². The summed E-state index contributed by atoms with van der Waals surface area (Å²) < 4.78 is 0. The fraction of sp³-hybridized carbons (Fsp3) is 0.500. The summed E-state index contributed by atoms with van der Waals surface area (Å²) in [6.07, 6.45) is 1.01. The molecule has 0 aliphatic carbocycles. The van der Waals surface area contributed by atoms with Crippen LogP contribution in [-0.2, 0) is 0 Å². The van der Waals surface area contributed by atoms with Crippen LogP contribution in [0, 0.1) is 11.3 Å². The van der Waals surface area contributed by atoms with Crippen LogP contribution in [0.4, 0.5) is 0 Å². The van der Waals surface area contributed by atoms with Gasteiger partial charge in [0.2, 0.25) is 0 Å². The molecule has 0 unspecified atom stereocenters. The summed E-state index contributed by atoms with van der Waals surface area (Å²) in [7, 11) is 0. The van der Waals surface area contributed by atoms with Crippen molar-refractivity contribution in [3.63, 3.8) is 0 Å². The van der Waals surface area contributed by atoms with Crippen LogP contribution in [0.25, 0.3) is 0 Å². The van der Waals surface area contributed by atoms with Gasteiger partial charge in [-0.15, -0.1) is 0 Å². The molecule has 0 aliphatic heterocycles. The van der Waals surface area contributed by atoms with Gasteiger partial charge in [-0.25, -0.2) is 0 Å². The van der Waals surface area contributed by atoms with Crippen molar-refractivity contribution in [2.45, 2.75) is 20.3 Å². The molecule has 3 nitrogen and oxygen atoms in total. The van der Waals surface area contributed by atoms with Crippen LogP contribution in [0.15, 0.2) is 11.3 Å². The molecule has 66 valence electrons. The van der Waals surface area contributed by atoms with E-state index >= 15 is 0 Å². The first-order chi connectivity index (χ1) is 5.63. The molecular formula is C8H13N3S. The van der Waals surface area contributed by atoms with Gasteiger partial charge in [-0.3, -0.25) is 0 Å². The van der Waals surface area contributed by atoms with E-state index in [1.54, 1.807) is 6.92 Å². The third-order valence-electron chi connectivity index (χ3n) is 1.37. The van der Waals surface area contributed by atoms with Crippen LogP contribution < -0.4 is 11.1 Å². The van der Waals surface area contributed by atoms with Gasteiger partial charge in [0.05, 0.1) is 0 Å². The minimum atomic E-state index is 0.151. The topological polar surface area (TPSA) is 61.8 Å². The van der Waals surface area contributed by atoms with Crippen molar-refractivity contribution in [2.24, 2.45) is 5.73 Å². The molecule has 0 heterocycles. The number of hydrogen-bond acceptors (Lipinski definition) is 3. The predicted octanol–water partition coefficient (Wildman–Crippen LogP) is 1.07. The fourth-order valence-corrected chi connectivity index (χ4v) is 0.923. The van der Waals surface area contributed by atoms with Crippen molar-refractivity contribution in [1.29, 1.82) is 5.26 Å². The second kappa shape index (κ2) is 5.56. The second-order valence-electron chi connectivity index (χ2n) is 2.40. The number of allylic oxidation sites excluding steroid dienone is 1. The lowest BCUT2D eigenvalue weighted by molar-refractivity contribution is 0.767. The number of rotatable bonds is 4. The zero-order chi connectivity index (χ0) is 9.56. The molecule has 0 aromatic rings. The van der Waals surface area contributed by atoms with Gasteiger partial charge in [0.25, 0.3) is 0 Å². The van der Waals surface area contributed by atoms with Crippen molar-refractivity contribution in [3.8, 4) is 6.07 Å². The Balaban J connectivity index is 4.42. The first-order valence-corrected chi connectivity index (χ1v) is 4.19. The van der Waals surface area contributed by atoms with Crippen LogP contribution in [0.5, 0.6) is 0 Å².